The predicted octanol–water partition coefficient (Wildman–Crippen LogP) is 0.677. The number of carbonyl (C=O) groups is 1. The van der Waals surface area contributed by atoms with Crippen molar-refractivity contribution in [1.82, 2.24) is 20.3 Å². The van der Waals surface area contributed by atoms with Crippen LogP contribution in [0.25, 0.3) is 0 Å². The van der Waals surface area contributed by atoms with Gasteiger partial charge in [0.1, 0.15) is 0 Å². The number of amides is 1. The maximum atomic E-state index is 11.6. The van der Waals surface area contributed by atoms with Crippen molar-refractivity contribution >= 4 is 5.91 Å². The summed E-state index contributed by atoms with van der Waals surface area (Å²) in [6.45, 7) is 5.47. The van der Waals surface area contributed by atoms with Crippen molar-refractivity contribution in [3.63, 3.8) is 0 Å². The van der Waals surface area contributed by atoms with Gasteiger partial charge in [0.15, 0.2) is 5.69 Å². The summed E-state index contributed by atoms with van der Waals surface area (Å²) in [7, 11) is 0. The molecule has 0 aromatic carbocycles. The fourth-order valence-electron chi connectivity index (χ4n) is 1.14. The molecule has 0 spiro atoms. The van der Waals surface area contributed by atoms with Crippen LogP contribution in [-0.2, 0) is 0 Å². The lowest BCUT2D eigenvalue weighted by atomic mass is 10.3. The summed E-state index contributed by atoms with van der Waals surface area (Å²) in [6.07, 6.45) is 2.40. The van der Waals surface area contributed by atoms with E-state index in [1.165, 1.54) is 6.20 Å². The van der Waals surface area contributed by atoms with E-state index < -0.39 is 0 Å². The van der Waals surface area contributed by atoms with Crippen LogP contribution in [0.3, 0.4) is 0 Å². The molecule has 13 heavy (non-hydrogen) atoms. The Morgan fingerprint density at radius 3 is 2.85 bits per heavy atom. The van der Waals surface area contributed by atoms with E-state index in [0.29, 0.717) is 12.2 Å². The topological polar surface area (TPSA) is 61.9 Å². The molecule has 1 aromatic heterocycles. The highest BCUT2D eigenvalue weighted by Crippen LogP contribution is 1.99. The molecule has 0 aliphatic carbocycles. The SMILES string of the molecule is CCCN(CC)C(=O)c1cn[nH]n1. The monoisotopic (exact) mass is 182 g/mol. The third kappa shape index (κ3) is 2.27. The smallest absolute Gasteiger partial charge is 0.276 e. The molecule has 5 nitrogen and oxygen atoms in total. The van der Waals surface area contributed by atoms with Gasteiger partial charge in [-0.3, -0.25) is 4.79 Å². The van der Waals surface area contributed by atoms with Gasteiger partial charge < -0.3 is 4.90 Å². The zero-order valence-corrected chi connectivity index (χ0v) is 7.95. The van der Waals surface area contributed by atoms with Gasteiger partial charge in [0.25, 0.3) is 5.91 Å². The number of hydrogen-bond donors (Lipinski definition) is 1. The maximum absolute atomic E-state index is 11.6. The van der Waals surface area contributed by atoms with Crippen LogP contribution in [0.15, 0.2) is 6.20 Å². The predicted molar refractivity (Wildman–Crippen MR) is 48.3 cm³/mol. The second-order valence-corrected chi connectivity index (χ2v) is 2.74. The van der Waals surface area contributed by atoms with E-state index in [1.807, 2.05) is 13.8 Å². The summed E-state index contributed by atoms with van der Waals surface area (Å²) in [6, 6.07) is 0. The first-order chi connectivity index (χ1) is 6.29. The fourth-order valence-corrected chi connectivity index (χ4v) is 1.14. The van der Waals surface area contributed by atoms with E-state index in [2.05, 4.69) is 15.4 Å². The van der Waals surface area contributed by atoms with E-state index in [9.17, 15) is 4.79 Å². The number of aromatic amines is 1. The Morgan fingerprint density at radius 1 is 1.62 bits per heavy atom. The van der Waals surface area contributed by atoms with Crippen molar-refractivity contribution in [2.45, 2.75) is 20.3 Å². The molecule has 1 amide bonds. The number of aromatic nitrogens is 3. The van der Waals surface area contributed by atoms with Crippen LogP contribution in [0.1, 0.15) is 30.8 Å². The summed E-state index contributed by atoms with van der Waals surface area (Å²) in [4.78, 5) is 13.4. The van der Waals surface area contributed by atoms with Gasteiger partial charge in [0.05, 0.1) is 6.20 Å². The largest absolute Gasteiger partial charge is 0.337 e. The van der Waals surface area contributed by atoms with E-state index >= 15 is 0 Å². The molecule has 1 N–H and O–H groups in total. The first-order valence-corrected chi connectivity index (χ1v) is 4.44. The molecule has 0 aliphatic rings. The minimum Gasteiger partial charge on any atom is -0.337 e. The highest BCUT2D eigenvalue weighted by Gasteiger charge is 2.14. The standard InChI is InChI=1S/C8H14N4O/c1-3-5-12(4-2)8(13)7-6-9-11-10-7/h6H,3-5H2,1-2H3,(H,9,10,11). The average Bonchev–Trinajstić information content (AvgIpc) is 2.65. The number of carbonyl (C=O) groups excluding carboxylic acids is 1. The van der Waals surface area contributed by atoms with E-state index in [-0.39, 0.29) is 5.91 Å². The van der Waals surface area contributed by atoms with Gasteiger partial charge in [0.2, 0.25) is 0 Å². The molecular weight excluding hydrogens is 168 g/mol. The van der Waals surface area contributed by atoms with Crippen molar-refractivity contribution < 1.29 is 4.79 Å². The molecule has 0 radical (unpaired) electrons. The Morgan fingerprint density at radius 2 is 2.38 bits per heavy atom. The molecule has 0 fully saturated rings. The minimum absolute atomic E-state index is 0.0573. The normalized spacial score (nSPS) is 10.0. The van der Waals surface area contributed by atoms with E-state index in [4.69, 9.17) is 0 Å². The zero-order valence-electron chi connectivity index (χ0n) is 7.95. The highest BCUT2D eigenvalue weighted by atomic mass is 16.2. The van der Waals surface area contributed by atoms with Crippen LogP contribution in [0.2, 0.25) is 0 Å². The van der Waals surface area contributed by atoms with E-state index in [1.54, 1.807) is 4.90 Å². The number of H-pyrrole nitrogens is 1. The summed E-state index contributed by atoms with van der Waals surface area (Å²) in [5.74, 6) is -0.0573. The molecule has 5 heteroatoms. The molecule has 1 heterocycles. The molecule has 72 valence electrons. The Bertz CT molecular complexity index is 257. The second-order valence-electron chi connectivity index (χ2n) is 2.74. The van der Waals surface area contributed by atoms with Gasteiger partial charge >= 0.3 is 0 Å². The van der Waals surface area contributed by atoms with E-state index in [0.717, 1.165) is 13.0 Å². The lowest BCUT2D eigenvalue weighted by molar-refractivity contribution is 0.0758. The van der Waals surface area contributed by atoms with Crippen LogP contribution in [-0.4, -0.2) is 39.3 Å². The van der Waals surface area contributed by atoms with Crippen LogP contribution in [0, 0.1) is 0 Å². The quantitative estimate of drug-likeness (QED) is 0.744. The first kappa shape index (κ1) is 9.70. The Kier molecular flexibility index (Phi) is 3.42. The van der Waals surface area contributed by atoms with Gasteiger partial charge in [-0.15, -0.1) is 0 Å². The van der Waals surface area contributed by atoms with Crippen molar-refractivity contribution in [3.05, 3.63) is 11.9 Å². The second kappa shape index (κ2) is 4.59. The van der Waals surface area contributed by atoms with Gasteiger partial charge in [0, 0.05) is 13.1 Å². The fraction of sp³-hybridized carbons (Fsp3) is 0.625. The molecule has 0 unspecified atom stereocenters. The Balaban J connectivity index is 2.65. The van der Waals surface area contributed by atoms with Gasteiger partial charge in [-0.05, 0) is 13.3 Å². The van der Waals surface area contributed by atoms with Gasteiger partial charge in [-0.1, -0.05) is 6.92 Å². The zero-order chi connectivity index (χ0) is 9.68. The number of hydrogen-bond acceptors (Lipinski definition) is 3. The maximum Gasteiger partial charge on any atom is 0.276 e. The molecule has 0 bridgehead atoms. The van der Waals surface area contributed by atoms with Crippen LogP contribution in [0.5, 0.6) is 0 Å². The van der Waals surface area contributed by atoms with Crippen molar-refractivity contribution in [3.8, 4) is 0 Å². The number of rotatable bonds is 4. The van der Waals surface area contributed by atoms with Crippen LogP contribution in [0.4, 0.5) is 0 Å². The van der Waals surface area contributed by atoms with Crippen molar-refractivity contribution in [2.75, 3.05) is 13.1 Å². The average molecular weight is 182 g/mol. The van der Waals surface area contributed by atoms with Crippen LogP contribution >= 0.6 is 0 Å². The molecular formula is C8H14N4O. The summed E-state index contributed by atoms with van der Waals surface area (Å²) < 4.78 is 0. The molecule has 1 rings (SSSR count). The third-order valence-corrected chi connectivity index (χ3v) is 1.80. The molecule has 0 atom stereocenters. The Labute approximate surface area is 77.1 Å². The molecule has 0 saturated heterocycles. The minimum atomic E-state index is -0.0573. The van der Waals surface area contributed by atoms with Crippen molar-refractivity contribution in [1.29, 1.82) is 0 Å². The third-order valence-electron chi connectivity index (χ3n) is 1.80. The lowest BCUT2D eigenvalue weighted by Crippen LogP contribution is -2.31. The molecule has 1 aromatic rings. The van der Waals surface area contributed by atoms with Gasteiger partial charge in [-0.2, -0.15) is 15.4 Å². The molecule has 0 saturated carbocycles. The van der Waals surface area contributed by atoms with Gasteiger partial charge in [-0.25, -0.2) is 0 Å². The summed E-state index contributed by atoms with van der Waals surface area (Å²) in [5.41, 5.74) is 0.385. The summed E-state index contributed by atoms with van der Waals surface area (Å²) >= 11 is 0. The first-order valence-electron chi connectivity index (χ1n) is 4.44. The van der Waals surface area contributed by atoms with Crippen molar-refractivity contribution in [2.24, 2.45) is 0 Å². The van der Waals surface area contributed by atoms with Crippen LogP contribution < -0.4 is 0 Å². The highest BCUT2D eigenvalue weighted by molar-refractivity contribution is 5.91. The number of nitrogens with zero attached hydrogens (tertiary/aromatic N) is 3. The molecule has 0 aliphatic heterocycles. The Hall–Kier alpha value is -1.39. The number of nitrogens with one attached hydrogen (secondary N) is 1. The summed E-state index contributed by atoms with van der Waals surface area (Å²) in [5, 5.41) is 9.76. The lowest BCUT2D eigenvalue weighted by Gasteiger charge is -2.18.